The maximum absolute atomic E-state index is 12.5. The number of benzene rings is 1. The minimum Gasteiger partial charge on any atom is -0.336 e. The SMILES string of the molecule is NC1CCN(C(=O)c2c[nH]c(=O)n2Cc2ccccc2)C1. The summed E-state index contributed by atoms with van der Waals surface area (Å²) in [6.45, 7) is 1.57. The zero-order chi connectivity index (χ0) is 14.8. The molecule has 1 fully saturated rings. The van der Waals surface area contributed by atoms with Crippen molar-refractivity contribution in [1.82, 2.24) is 14.5 Å². The summed E-state index contributed by atoms with van der Waals surface area (Å²) in [6.07, 6.45) is 2.29. The monoisotopic (exact) mass is 286 g/mol. The molecule has 1 unspecified atom stereocenters. The number of likely N-dealkylation sites (tertiary alicyclic amines) is 1. The number of carbonyl (C=O) groups is 1. The molecule has 0 bridgehead atoms. The van der Waals surface area contributed by atoms with Gasteiger partial charge in [-0.25, -0.2) is 4.79 Å². The molecule has 2 aromatic rings. The van der Waals surface area contributed by atoms with Crippen LogP contribution in [0, 0.1) is 0 Å². The molecule has 6 heteroatoms. The smallest absolute Gasteiger partial charge is 0.326 e. The van der Waals surface area contributed by atoms with Crippen molar-refractivity contribution in [3.8, 4) is 0 Å². The molecule has 0 aliphatic carbocycles. The molecule has 1 aromatic heterocycles. The van der Waals surface area contributed by atoms with Gasteiger partial charge in [0.15, 0.2) is 0 Å². The van der Waals surface area contributed by atoms with Crippen LogP contribution in [-0.4, -0.2) is 39.5 Å². The number of nitrogens with zero attached hydrogens (tertiary/aromatic N) is 2. The Morgan fingerprint density at radius 2 is 2.10 bits per heavy atom. The Balaban J connectivity index is 1.87. The number of imidazole rings is 1. The molecule has 1 saturated heterocycles. The summed E-state index contributed by atoms with van der Waals surface area (Å²) in [5.41, 5.74) is 6.93. The Kier molecular flexibility index (Phi) is 3.62. The highest BCUT2D eigenvalue weighted by atomic mass is 16.2. The van der Waals surface area contributed by atoms with Crippen LogP contribution in [0.15, 0.2) is 41.3 Å². The average Bonchev–Trinajstić information content (AvgIpc) is 3.07. The lowest BCUT2D eigenvalue weighted by Crippen LogP contribution is -2.34. The molecule has 6 nitrogen and oxygen atoms in total. The summed E-state index contributed by atoms with van der Waals surface area (Å²) in [5, 5.41) is 0. The topological polar surface area (TPSA) is 84.1 Å². The van der Waals surface area contributed by atoms with E-state index in [1.54, 1.807) is 4.90 Å². The van der Waals surface area contributed by atoms with Gasteiger partial charge in [0.25, 0.3) is 5.91 Å². The molecule has 0 saturated carbocycles. The predicted molar refractivity (Wildman–Crippen MR) is 79.1 cm³/mol. The van der Waals surface area contributed by atoms with Crippen LogP contribution in [0.2, 0.25) is 0 Å². The normalized spacial score (nSPS) is 18.1. The second-order valence-electron chi connectivity index (χ2n) is 5.35. The average molecular weight is 286 g/mol. The first-order valence-electron chi connectivity index (χ1n) is 7.02. The third-order valence-electron chi connectivity index (χ3n) is 3.78. The van der Waals surface area contributed by atoms with Crippen molar-refractivity contribution in [3.63, 3.8) is 0 Å². The van der Waals surface area contributed by atoms with Gasteiger partial charge in [-0.15, -0.1) is 0 Å². The highest BCUT2D eigenvalue weighted by molar-refractivity contribution is 5.92. The lowest BCUT2D eigenvalue weighted by atomic mass is 10.2. The molecule has 3 N–H and O–H groups in total. The van der Waals surface area contributed by atoms with Gasteiger partial charge >= 0.3 is 5.69 Å². The van der Waals surface area contributed by atoms with Crippen molar-refractivity contribution < 1.29 is 4.79 Å². The van der Waals surface area contributed by atoms with E-state index in [0.717, 1.165) is 12.0 Å². The molecule has 3 rings (SSSR count). The van der Waals surface area contributed by atoms with E-state index in [0.29, 0.717) is 25.3 Å². The van der Waals surface area contributed by atoms with Gasteiger partial charge in [0.2, 0.25) is 0 Å². The first-order valence-corrected chi connectivity index (χ1v) is 7.02. The molecule has 1 amide bonds. The number of rotatable bonds is 3. The second-order valence-corrected chi connectivity index (χ2v) is 5.35. The van der Waals surface area contributed by atoms with Crippen LogP contribution in [0.5, 0.6) is 0 Å². The van der Waals surface area contributed by atoms with Crippen LogP contribution in [-0.2, 0) is 6.54 Å². The highest BCUT2D eigenvalue weighted by Gasteiger charge is 2.27. The zero-order valence-electron chi connectivity index (χ0n) is 11.7. The number of aromatic amines is 1. The fourth-order valence-corrected chi connectivity index (χ4v) is 2.63. The van der Waals surface area contributed by atoms with Gasteiger partial charge in [0.05, 0.1) is 6.54 Å². The van der Waals surface area contributed by atoms with Crippen LogP contribution in [0.4, 0.5) is 0 Å². The van der Waals surface area contributed by atoms with Gasteiger partial charge in [0.1, 0.15) is 5.69 Å². The van der Waals surface area contributed by atoms with Crippen LogP contribution in [0.25, 0.3) is 0 Å². The molecule has 21 heavy (non-hydrogen) atoms. The number of H-pyrrole nitrogens is 1. The molecule has 0 spiro atoms. The molecule has 2 heterocycles. The van der Waals surface area contributed by atoms with E-state index in [2.05, 4.69) is 4.98 Å². The first-order chi connectivity index (χ1) is 10.1. The van der Waals surface area contributed by atoms with Crippen molar-refractivity contribution >= 4 is 5.91 Å². The number of hydrogen-bond donors (Lipinski definition) is 2. The second kappa shape index (κ2) is 5.57. The van der Waals surface area contributed by atoms with E-state index in [9.17, 15) is 9.59 Å². The quantitative estimate of drug-likeness (QED) is 0.856. The van der Waals surface area contributed by atoms with Gasteiger partial charge in [-0.3, -0.25) is 9.36 Å². The fraction of sp³-hybridized carbons (Fsp3) is 0.333. The van der Waals surface area contributed by atoms with Gasteiger partial charge in [0, 0.05) is 25.3 Å². The van der Waals surface area contributed by atoms with Crippen molar-refractivity contribution in [3.05, 3.63) is 58.3 Å². The number of nitrogens with one attached hydrogen (secondary N) is 1. The predicted octanol–water partition coefficient (Wildman–Crippen LogP) is 0.398. The Bertz CT molecular complexity index is 689. The van der Waals surface area contributed by atoms with Crippen LogP contribution in [0.3, 0.4) is 0 Å². The molecule has 1 aliphatic heterocycles. The molecule has 1 atom stereocenters. The van der Waals surface area contributed by atoms with E-state index in [-0.39, 0.29) is 17.6 Å². The molecule has 1 aliphatic rings. The Morgan fingerprint density at radius 1 is 1.33 bits per heavy atom. The molecule has 1 aromatic carbocycles. The minimum atomic E-state index is -0.273. The maximum Gasteiger partial charge on any atom is 0.326 e. The van der Waals surface area contributed by atoms with Gasteiger partial charge in [-0.05, 0) is 12.0 Å². The van der Waals surface area contributed by atoms with Crippen molar-refractivity contribution in [2.24, 2.45) is 5.73 Å². The standard InChI is InChI=1S/C15H18N4O2/c16-12-6-7-18(10-12)14(20)13-8-17-15(21)19(13)9-11-4-2-1-3-5-11/h1-5,8,12H,6-7,9-10,16H2,(H,17,21). The highest BCUT2D eigenvalue weighted by Crippen LogP contribution is 2.12. The largest absolute Gasteiger partial charge is 0.336 e. The van der Waals surface area contributed by atoms with E-state index in [1.165, 1.54) is 10.8 Å². The third-order valence-corrected chi connectivity index (χ3v) is 3.78. The minimum absolute atomic E-state index is 0.0298. The Morgan fingerprint density at radius 3 is 2.76 bits per heavy atom. The summed E-state index contributed by atoms with van der Waals surface area (Å²) >= 11 is 0. The van der Waals surface area contributed by atoms with Gasteiger partial charge in [-0.2, -0.15) is 0 Å². The molecular weight excluding hydrogens is 268 g/mol. The number of hydrogen-bond acceptors (Lipinski definition) is 3. The van der Waals surface area contributed by atoms with Crippen molar-refractivity contribution in [1.29, 1.82) is 0 Å². The van der Waals surface area contributed by atoms with E-state index >= 15 is 0 Å². The first kappa shape index (κ1) is 13.6. The van der Waals surface area contributed by atoms with Crippen LogP contribution in [0.1, 0.15) is 22.5 Å². The summed E-state index contributed by atoms with van der Waals surface area (Å²) < 4.78 is 1.47. The number of carbonyl (C=O) groups excluding carboxylic acids is 1. The van der Waals surface area contributed by atoms with E-state index in [1.807, 2.05) is 30.3 Å². The third kappa shape index (κ3) is 2.75. The van der Waals surface area contributed by atoms with Crippen molar-refractivity contribution in [2.75, 3.05) is 13.1 Å². The number of nitrogens with two attached hydrogens (primary N) is 1. The van der Waals surface area contributed by atoms with Gasteiger partial charge in [-0.1, -0.05) is 30.3 Å². The number of aromatic nitrogens is 2. The maximum atomic E-state index is 12.5. The molecule has 0 radical (unpaired) electrons. The van der Waals surface area contributed by atoms with Crippen molar-refractivity contribution in [2.45, 2.75) is 19.0 Å². The lowest BCUT2D eigenvalue weighted by Gasteiger charge is -2.16. The fourth-order valence-electron chi connectivity index (χ4n) is 2.63. The molecule has 110 valence electrons. The number of amides is 1. The van der Waals surface area contributed by atoms with Crippen LogP contribution >= 0.6 is 0 Å². The summed E-state index contributed by atoms with van der Waals surface area (Å²) in [6, 6.07) is 9.63. The zero-order valence-corrected chi connectivity index (χ0v) is 11.7. The lowest BCUT2D eigenvalue weighted by molar-refractivity contribution is 0.0780. The molecular formula is C15H18N4O2. The summed E-state index contributed by atoms with van der Waals surface area (Å²) in [7, 11) is 0. The van der Waals surface area contributed by atoms with Gasteiger partial charge < -0.3 is 15.6 Å². The van der Waals surface area contributed by atoms with E-state index < -0.39 is 0 Å². The summed E-state index contributed by atoms with van der Waals surface area (Å²) in [5.74, 6) is -0.141. The Labute approximate surface area is 122 Å². The van der Waals surface area contributed by atoms with E-state index in [4.69, 9.17) is 5.73 Å². The summed E-state index contributed by atoms with van der Waals surface area (Å²) in [4.78, 5) is 28.8. The van der Waals surface area contributed by atoms with Crippen LogP contribution < -0.4 is 11.4 Å². The Hall–Kier alpha value is -2.34.